The minimum Gasteiger partial charge on any atom is -0.371 e. The second kappa shape index (κ2) is 10.3. The molecule has 0 aliphatic rings. The number of carbonyl (C=O) groups is 2. The van der Waals surface area contributed by atoms with Crippen LogP contribution in [0.1, 0.15) is 54.4 Å². The summed E-state index contributed by atoms with van der Waals surface area (Å²) in [6, 6.07) is 10.3. The van der Waals surface area contributed by atoms with E-state index in [2.05, 4.69) is 27.7 Å². The molecule has 152 valence electrons. The standard InChI is InChI=1S/C22H37N3O2/c1-21(2,3)19(26)23-14-10-16-25(18-12-8-7-9-13-18)17-11-15-24-20(27)22(4,5)6/h7-9,12-13H,10-11,14-17H2,1-6H3,(H,23,26)(H,24,27). The summed E-state index contributed by atoms with van der Waals surface area (Å²) >= 11 is 0. The quantitative estimate of drug-likeness (QED) is 0.648. The maximum Gasteiger partial charge on any atom is 0.225 e. The molecule has 0 aliphatic heterocycles. The highest BCUT2D eigenvalue weighted by molar-refractivity contribution is 5.81. The SMILES string of the molecule is CC(C)(C)C(=O)NCCCN(CCCNC(=O)C(C)(C)C)c1ccccc1. The molecule has 0 radical (unpaired) electrons. The van der Waals surface area contributed by atoms with Crippen LogP contribution in [-0.4, -0.2) is 38.0 Å². The fourth-order valence-corrected chi connectivity index (χ4v) is 2.48. The fraction of sp³-hybridized carbons (Fsp3) is 0.636. The molecule has 1 aromatic rings. The van der Waals surface area contributed by atoms with Crippen molar-refractivity contribution in [1.82, 2.24) is 10.6 Å². The summed E-state index contributed by atoms with van der Waals surface area (Å²) in [7, 11) is 0. The lowest BCUT2D eigenvalue weighted by Gasteiger charge is -2.26. The van der Waals surface area contributed by atoms with Gasteiger partial charge in [0.15, 0.2) is 0 Å². The minimum absolute atomic E-state index is 0.0821. The molecule has 1 rings (SSSR count). The third-order valence-corrected chi connectivity index (χ3v) is 4.26. The average Bonchev–Trinajstić information content (AvgIpc) is 2.58. The van der Waals surface area contributed by atoms with Gasteiger partial charge in [-0.2, -0.15) is 0 Å². The normalized spacial score (nSPS) is 11.8. The lowest BCUT2D eigenvalue weighted by Crippen LogP contribution is -2.38. The molecule has 0 fully saturated rings. The Labute approximate surface area is 164 Å². The molecule has 0 unspecified atom stereocenters. The topological polar surface area (TPSA) is 61.4 Å². The van der Waals surface area contributed by atoms with E-state index in [4.69, 9.17) is 0 Å². The summed E-state index contributed by atoms with van der Waals surface area (Å²) in [6.45, 7) is 14.6. The molecule has 0 aliphatic carbocycles. The average molecular weight is 376 g/mol. The molecular weight excluding hydrogens is 338 g/mol. The first-order valence-electron chi connectivity index (χ1n) is 9.88. The second-order valence-electron chi connectivity index (χ2n) is 9.04. The van der Waals surface area contributed by atoms with Gasteiger partial charge >= 0.3 is 0 Å². The number of hydrogen-bond donors (Lipinski definition) is 2. The number of benzene rings is 1. The monoisotopic (exact) mass is 375 g/mol. The van der Waals surface area contributed by atoms with Crippen LogP contribution in [0, 0.1) is 10.8 Å². The minimum atomic E-state index is -0.357. The number of carbonyl (C=O) groups excluding carboxylic acids is 2. The van der Waals surface area contributed by atoms with Crippen molar-refractivity contribution in [3.05, 3.63) is 30.3 Å². The number of nitrogens with zero attached hydrogens (tertiary/aromatic N) is 1. The van der Waals surface area contributed by atoms with Gasteiger partial charge in [-0.05, 0) is 25.0 Å². The van der Waals surface area contributed by atoms with Gasteiger partial charge in [-0.25, -0.2) is 0 Å². The molecule has 5 nitrogen and oxygen atoms in total. The van der Waals surface area contributed by atoms with E-state index >= 15 is 0 Å². The van der Waals surface area contributed by atoms with Gasteiger partial charge in [0.05, 0.1) is 0 Å². The highest BCUT2D eigenvalue weighted by Gasteiger charge is 2.21. The summed E-state index contributed by atoms with van der Waals surface area (Å²) in [5.41, 5.74) is 0.455. The van der Waals surface area contributed by atoms with Crippen LogP contribution >= 0.6 is 0 Å². The highest BCUT2D eigenvalue weighted by atomic mass is 16.2. The molecule has 0 saturated carbocycles. The van der Waals surface area contributed by atoms with Crippen LogP contribution in [0.15, 0.2) is 30.3 Å². The van der Waals surface area contributed by atoms with Crippen LogP contribution < -0.4 is 15.5 Å². The van der Waals surface area contributed by atoms with Crippen molar-refractivity contribution in [2.75, 3.05) is 31.1 Å². The van der Waals surface area contributed by atoms with Gasteiger partial charge in [0.2, 0.25) is 11.8 Å². The fourth-order valence-electron chi connectivity index (χ4n) is 2.48. The Hall–Kier alpha value is -2.04. The molecule has 0 heterocycles. The van der Waals surface area contributed by atoms with E-state index in [0.29, 0.717) is 13.1 Å². The van der Waals surface area contributed by atoms with Gasteiger partial charge < -0.3 is 15.5 Å². The Kier molecular flexibility index (Phi) is 8.80. The van der Waals surface area contributed by atoms with Gasteiger partial charge in [-0.1, -0.05) is 59.7 Å². The number of anilines is 1. The Balaban J connectivity index is 2.48. The van der Waals surface area contributed by atoms with Crippen LogP contribution in [0.5, 0.6) is 0 Å². The van der Waals surface area contributed by atoms with Gasteiger partial charge in [-0.3, -0.25) is 9.59 Å². The Morgan fingerprint density at radius 2 is 1.19 bits per heavy atom. The molecule has 2 N–H and O–H groups in total. The maximum atomic E-state index is 12.0. The van der Waals surface area contributed by atoms with Crippen molar-refractivity contribution in [2.45, 2.75) is 54.4 Å². The highest BCUT2D eigenvalue weighted by Crippen LogP contribution is 2.15. The van der Waals surface area contributed by atoms with Crippen LogP contribution in [-0.2, 0) is 9.59 Å². The van der Waals surface area contributed by atoms with E-state index < -0.39 is 0 Å². The second-order valence-corrected chi connectivity index (χ2v) is 9.04. The largest absolute Gasteiger partial charge is 0.371 e. The van der Waals surface area contributed by atoms with Crippen molar-refractivity contribution >= 4 is 17.5 Å². The Morgan fingerprint density at radius 1 is 0.778 bits per heavy atom. The smallest absolute Gasteiger partial charge is 0.225 e. The van der Waals surface area contributed by atoms with Crippen LogP contribution in [0.4, 0.5) is 5.69 Å². The molecule has 0 atom stereocenters. The van der Waals surface area contributed by atoms with Crippen LogP contribution in [0.3, 0.4) is 0 Å². The zero-order chi connectivity index (χ0) is 20.5. The zero-order valence-electron chi connectivity index (χ0n) is 17.9. The van der Waals surface area contributed by atoms with E-state index in [1.807, 2.05) is 59.7 Å². The number of nitrogens with one attached hydrogen (secondary N) is 2. The number of rotatable bonds is 9. The number of para-hydroxylation sites is 1. The summed E-state index contributed by atoms with van der Waals surface area (Å²) < 4.78 is 0. The molecular formula is C22H37N3O2. The third kappa shape index (κ3) is 8.94. The van der Waals surface area contributed by atoms with Crippen molar-refractivity contribution < 1.29 is 9.59 Å². The maximum absolute atomic E-state index is 12.0. The third-order valence-electron chi connectivity index (χ3n) is 4.26. The molecule has 5 heteroatoms. The zero-order valence-corrected chi connectivity index (χ0v) is 17.9. The lowest BCUT2D eigenvalue weighted by atomic mass is 9.96. The first-order valence-corrected chi connectivity index (χ1v) is 9.88. The molecule has 2 amide bonds. The molecule has 1 aromatic carbocycles. The number of amides is 2. The van der Waals surface area contributed by atoms with Gasteiger partial charge in [-0.15, -0.1) is 0 Å². The van der Waals surface area contributed by atoms with Crippen molar-refractivity contribution in [3.8, 4) is 0 Å². The van der Waals surface area contributed by atoms with E-state index in [1.54, 1.807) is 0 Å². The van der Waals surface area contributed by atoms with Crippen molar-refractivity contribution in [1.29, 1.82) is 0 Å². The molecule has 0 bridgehead atoms. The van der Waals surface area contributed by atoms with Crippen LogP contribution in [0.25, 0.3) is 0 Å². The van der Waals surface area contributed by atoms with Gasteiger partial charge in [0.1, 0.15) is 0 Å². The van der Waals surface area contributed by atoms with Crippen LogP contribution in [0.2, 0.25) is 0 Å². The summed E-state index contributed by atoms with van der Waals surface area (Å²) in [5.74, 6) is 0.164. The first kappa shape index (κ1) is 23.0. The predicted octanol–water partition coefficient (Wildman–Crippen LogP) is 3.60. The Morgan fingerprint density at radius 3 is 1.56 bits per heavy atom. The van der Waals surface area contributed by atoms with E-state index in [0.717, 1.165) is 25.9 Å². The van der Waals surface area contributed by atoms with Gasteiger partial charge in [0, 0.05) is 42.7 Å². The van der Waals surface area contributed by atoms with Gasteiger partial charge in [0.25, 0.3) is 0 Å². The predicted molar refractivity (Wildman–Crippen MR) is 113 cm³/mol. The Bertz CT molecular complexity index is 552. The summed E-state index contributed by atoms with van der Waals surface area (Å²) in [6.07, 6.45) is 1.76. The van der Waals surface area contributed by atoms with E-state index in [-0.39, 0.29) is 22.6 Å². The molecule has 0 saturated heterocycles. The molecule has 0 spiro atoms. The van der Waals surface area contributed by atoms with E-state index in [1.165, 1.54) is 5.69 Å². The van der Waals surface area contributed by atoms with Crippen molar-refractivity contribution in [3.63, 3.8) is 0 Å². The lowest BCUT2D eigenvalue weighted by molar-refractivity contribution is -0.129. The molecule has 0 aromatic heterocycles. The summed E-state index contributed by atoms with van der Waals surface area (Å²) in [5, 5.41) is 6.01. The first-order chi connectivity index (χ1) is 12.5. The van der Waals surface area contributed by atoms with E-state index in [9.17, 15) is 9.59 Å². The number of hydrogen-bond acceptors (Lipinski definition) is 3. The molecule has 27 heavy (non-hydrogen) atoms. The summed E-state index contributed by atoms with van der Waals surface area (Å²) in [4.78, 5) is 26.3. The van der Waals surface area contributed by atoms with Crippen molar-refractivity contribution in [2.24, 2.45) is 10.8 Å².